The largest absolute Gasteiger partial charge is 0.340 e. The molecular weight excluding hydrogens is 376 g/mol. The number of benzene rings is 1. The highest BCUT2D eigenvalue weighted by atomic mass is 16.2. The molecule has 1 aromatic carbocycles. The maximum Gasteiger partial charge on any atom is 0.269 e. The van der Waals surface area contributed by atoms with E-state index in [9.17, 15) is 4.79 Å². The molecule has 1 atom stereocenters. The number of rotatable bonds is 6. The molecule has 2 N–H and O–H groups in total. The first-order chi connectivity index (χ1) is 14.5. The van der Waals surface area contributed by atoms with E-state index in [1.54, 1.807) is 12.3 Å². The van der Waals surface area contributed by atoms with Gasteiger partial charge in [-0.3, -0.25) is 14.9 Å². The van der Waals surface area contributed by atoms with Gasteiger partial charge in [-0.15, -0.1) is 0 Å². The van der Waals surface area contributed by atoms with Crippen molar-refractivity contribution in [2.45, 2.75) is 39.8 Å². The van der Waals surface area contributed by atoms with E-state index in [-0.39, 0.29) is 23.9 Å². The second-order valence-electron chi connectivity index (χ2n) is 8.00. The summed E-state index contributed by atoms with van der Waals surface area (Å²) in [7, 11) is 0. The minimum atomic E-state index is -0.242. The Morgan fingerprint density at radius 3 is 2.50 bits per heavy atom. The molecule has 0 aliphatic carbocycles. The topological polar surface area (TPSA) is 88.5 Å². The molecule has 4 aromatic rings. The summed E-state index contributed by atoms with van der Waals surface area (Å²) < 4.78 is 2.20. The van der Waals surface area contributed by atoms with Gasteiger partial charge in [-0.25, -0.2) is 4.98 Å². The van der Waals surface area contributed by atoms with Crippen LogP contribution in [0.4, 0.5) is 0 Å². The van der Waals surface area contributed by atoms with Crippen LogP contribution in [-0.4, -0.2) is 30.6 Å². The van der Waals surface area contributed by atoms with E-state index in [1.807, 2.05) is 36.4 Å². The predicted molar refractivity (Wildman–Crippen MR) is 117 cm³/mol. The first-order valence-corrected chi connectivity index (χ1v) is 10.2. The lowest BCUT2D eigenvalue weighted by molar-refractivity contribution is 0.0916. The third-order valence-electron chi connectivity index (χ3n) is 5.12. The molecule has 0 spiro atoms. The molecule has 3 heterocycles. The van der Waals surface area contributed by atoms with Crippen LogP contribution in [0.15, 0.2) is 54.7 Å². The highest BCUT2D eigenvalue weighted by Crippen LogP contribution is 2.29. The molecular formula is C23H26N6O. The number of aromatic amines is 1. The summed E-state index contributed by atoms with van der Waals surface area (Å²) in [6, 6.07) is 15.4. The average Bonchev–Trinajstić information content (AvgIpc) is 3.37. The van der Waals surface area contributed by atoms with Gasteiger partial charge in [0.1, 0.15) is 17.2 Å². The fourth-order valence-electron chi connectivity index (χ4n) is 3.66. The molecule has 154 valence electrons. The number of H-pyrrole nitrogens is 1. The van der Waals surface area contributed by atoms with Gasteiger partial charge in [0, 0.05) is 12.2 Å². The van der Waals surface area contributed by atoms with Crippen molar-refractivity contribution in [1.82, 2.24) is 30.0 Å². The summed E-state index contributed by atoms with van der Waals surface area (Å²) in [5.41, 5.74) is 3.75. The minimum Gasteiger partial charge on any atom is -0.340 e. The van der Waals surface area contributed by atoms with Crippen LogP contribution in [0.25, 0.3) is 22.4 Å². The van der Waals surface area contributed by atoms with Gasteiger partial charge >= 0.3 is 0 Å². The third kappa shape index (κ3) is 3.70. The Morgan fingerprint density at radius 1 is 1.03 bits per heavy atom. The summed E-state index contributed by atoms with van der Waals surface area (Å²) in [5.74, 6) is 0.797. The first kappa shape index (κ1) is 19.8. The number of carbonyl (C=O) groups is 1. The maximum absolute atomic E-state index is 13.0. The molecule has 1 amide bonds. The minimum absolute atomic E-state index is 0.154. The summed E-state index contributed by atoms with van der Waals surface area (Å²) in [4.78, 5) is 22.2. The van der Waals surface area contributed by atoms with E-state index in [1.165, 1.54) is 0 Å². The molecule has 4 rings (SSSR count). The number of hydrogen-bond acceptors (Lipinski definition) is 4. The fourth-order valence-corrected chi connectivity index (χ4v) is 3.66. The number of imidazole rings is 1. The normalized spacial score (nSPS) is 12.6. The van der Waals surface area contributed by atoms with Crippen molar-refractivity contribution >= 4 is 16.9 Å². The van der Waals surface area contributed by atoms with Crippen LogP contribution in [0.5, 0.6) is 0 Å². The van der Waals surface area contributed by atoms with Crippen LogP contribution in [0.1, 0.15) is 56.1 Å². The highest BCUT2D eigenvalue weighted by Gasteiger charge is 2.27. The highest BCUT2D eigenvalue weighted by molar-refractivity contribution is 5.93. The lowest BCUT2D eigenvalue weighted by atomic mass is 10.0. The van der Waals surface area contributed by atoms with Crippen molar-refractivity contribution in [3.63, 3.8) is 0 Å². The van der Waals surface area contributed by atoms with Gasteiger partial charge in [0.25, 0.3) is 5.91 Å². The van der Waals surface area contributed by atoms with E-state index >= 15 is 0 Å². The maximum atomic E-state index is 13.0. The number of nitrogens with zero attached hydrogens (tertiary/aromatic N) is 4. The van der Waals surface area contributed by atoms with Gasteiger partial charge in [0.15, 0.2) is 0 Å². The van der Waals surface area contributed by atoms with Crippen molar-refractivity contribution in [2.75, 3.05) is 0 Å². The fraction of sp³-hybridized carbons (Fsp3) is 0.304. The van der Waals surface area contributed by atoms with Crippen molar-refractivity contribution < 1.29 is 4.79 Å². The molecule has 7 heteroatoms. The standard InChI is InChI=1S/C23H26N6O/c1-14(2)21(22-25-17-10-5-6-11-20(17)29(22)15(3)4)26-23(30)19-13-18(27-28-19)16-9-7-8-12-24-16/h5-15,21H,1-4H3,(H,26,30)(H,27,28)/t21-/m0/s1. The number of para-hydroxylation sites is 2. The predicted octanol–water partition coefficient (Wildman–Crippen LogP) is 4.53. The zero-order chi connectivity index (χ0) is 21.3. The SMILES string of the molecule is CC(C)[C@H](NC(=O)c1cc(-c2ccccn2)n[nH]1)c1nc2ccccc2n1C(C)C. The van der Waals surface area contributed by atoms with E-state index in [0.29, 0.717) is 11.4 Å². The van der Waals surface area contributed by atoms with Gasteiger partial charge in [-0.1, -0.05) is 32.0 Å². The van der Waals surface area contributed by atoms with Crippen molar-refractivity contribution in [1.29, 1.82) is 0 Å². The zero-order valence-corrected chi connectivity index (χ0v) is 17.6. The van der Waals surface area contributed by atoms with Crippen LogP contribution >= 0.6 is 0 Å². The molecule has 0 saturated carbocycles. The summed E-state index contributed by atoms with van der Waals surface area (Å²) in [6.45, 7) is 8.43. The third-order valence-corrected chi connectivity index (χ3v) is 5.12. The quantitative estimate of drug-likeness (QED) is 0.496. The number of fused-ring (bicyclic) bond motifs is 1. The van der Waals surface area contributed by atoms with Crippen LogP contribution in [-0.2, 0) is 0 Å². The van der Waals surface area contributed by atoms with E-state index < -0.39 is 0 Å². The van der Waals surface area contributed by atoms with Gasteiger partial charge in [-0.2, -0.15) is 5.10 Å². The molecule has 0 radical (unpaired) electrons. The molecule has 30 heavy (non-hydrogen) atoms. The number of pyridine rings is 1. The van der Waals surface area contributed by atoms with Crippen LogP contribution in [0, 0.1) is 5.92 Å². The molecule has 0 aliphatic heterocycles. The summed E-state index contributed by atoms with van der Waals surface area (Å²) in [6.07, 6.45) is 1.70. The lowest BCUT2D eigenvalue weighted by Crippen LogP contribution is -2.34. The number of nitrogens with one attached hydrogen (secondary N) is 2. The number of aromatic nitrogens is 5. The Labute approximate surface area is 175 Å². The van der Waals surface area contributed by atoms with Gasteiger partial charge < -0.3 is 9.88 Å². The van der Waals surface area contributed by atoms with Crippen molar-refractivity contribution in [3.05, 3.63) is 66.2 Å². The molecule has 0 fully saturated rings. The van der Waals surface area contributed by atoms with E-state index in [4.69, 9.17) is 4.98 Å². The molecule has 0 bridgehead atoms. The van der Waals surface area contributed by atoms with Crippen LogP contribution in [0.2, 0.25) is 0 Å². The van der Waals surface area contributed by atoms with Crippen LogP contribution in [0.3, 0.4) is 0 Å². The monoisotopic (exact) mass is 402 g/mol. The molecule has 3 aromatic heterocycles. The number of hydrogen-bond donors (Lipinski definition) is 2. The Hall–Kier alpha value is -3.48. The molecule has 0 aliphatic rings. The Kier molecular flexibility index (Phi) is 5.35. The van der Waals surface area contributed by atoms with E-state index in [0.717, 1.165) is 22.6 Å². The van der Waals surface area contributed by atoms with Gasteiger partial charge in [0.2, 0.25) is 0 Å². The molecule has 0 saturated heterocycles. The lowest BCUT2D eigenvalue weighted by Gasteiger charge is -2.24. The van der Waals surface area contributed by atoms with Gasteiger partial charge in [0.05, 0.1) is 22.8 Å². The summed E-state index contributed by atoms with van der Waals surface area (Å²) >= 11 is 0. The second-order valence-corrected chi connectivity index (χ2v) is 8.00. The zero-order valence-electron chi connectivity index (χ0n) is 17.6. The first-order valence-electron chi connectivity index (χ1n) is 10.2. The second kappa shape index (κ2) is 8.10. The van der Waals surface area contributed by atoms with Crippen molar-refractivity contribution in [2.24, 2.45) is 5.92 Å². The molecule has 7 nitrogen and oxygen atoms in total. The summed E-state index contributed by atoms with van der Waals surface area (Å²) in [5, 5.41) is 10.2. The Bertz CT molecular complexity index is 1160. The smallest absolute Gasteiger partial charge is 0.269 e. The van der Waals surface area contributed by atoms with Crippen LogP contribution < -0.4 is 5.32 Å². The Morgan fingerprint density at radius 2 is 1.80 bits per heavy atom. The Balaban J connectivity index is 1.65. The molecule has 0 unspecified atom stereocenters. The van der Waals surface area contributed by atoms with E-state index in [2.05, 4.69) is 58.8 Å². The number of amides is 1. The van der Waals surface area contributed by atoms with Crippen molar-refractivity contribution in [3.8, 4) is 11.4 Å². The average molecular weight is 403 g/mol. The number of carbonyl (C=O) groups excluding carboxylic acids is 1. The van der Waals surface area contributed by atoms with Gasteiger partial charge in [-0.05, 0) is 50.1 Å².